The lowest BCUT2D eigenvalue weighted by Crippen LogP contribution is -2.61. The molecule has 4 N–H and O–H groups in total. The molecule has 8 heteroatoms. The van der Waals surface area contributed by atoms with Gasteiger partial charge in [0.15, 0.2) is 0 Å². The maximum absolute atomic E-state index is 12.0. The van der Waals surface area contributed by atoms with E-state index >= 15 is 0 Å². The van der Waals surface area contributed by atoms with Gasteiger partial charge in [-0.05, 0) is 18.9 Å². The molecular weight excluding hydrogens is 296 g/mol. The molecule has 7 nitrogen and oxygen atoms in total. The smallest absolute Gasteiger partial charge is 0.352 e. The molecule has 0 spiro atoms. The van der Waals surface area contributed by atoms with Crippen LogP contribution in [-0.2, 0) is 14.4 Å². The number of nitrogens with two attached hydrogens (primary N) is 1. The highest BCUT2D eigenvalue weighted by molar-refractivity contribution is 7.99. The molecule has 116 valence electrons. The van der Waals surface area contributed by atoms with Crippen LogP contribution in [0, 0.1) is 5.92 Å². The number of carbonyl (C=O) groups excluding carboxylic acids is 2. The highest BCUT2D eigenvalue weighted by atomic mass is 32.2. The van der Waals surface area contributed by atoms with Crippen LogP contribution in [0.25, 0.3) is 0 Å². The molecule has 1 saturated heterocycles. The Morgan fingerprint density at radius 3 is 2.71 bits per heavy atom. The normalized spacial score (nSPS) is 25.6. The maximum atomic E-state index is 12.0. The Morgan fingerprint density at radius 1 is 1.52 bits per heavy atom. The first-order valence-electron chi connectivity index (χ1n) is 6.67. The number of fused-ring (bicyclic) bond motifs is 1. The van der Waals surface area contributed by atoms with E-state index in [1.807, 2.05) is 0 Å². The van der Waals surface area contributed by atoms with Crippen molar-refractivity contribution >= 4 is 29.5 Å². The van der Waals surface area contributed by atoms with Crippen LogP contribution in [0.3, 0.4) is 0 Å². The van der Waals surface area contributed by atoms with Crippen LogP contribution >= 0.6 is 11.8 Å². The molecule has 0 aromatic carbocycles. The van der Waals surface area contributed by atoms with Gasteiger partial charge in [0, 0.05) is 17.9 Å². The summed E-state index contributed by atoms with van der Waals surface area (Å²) < 4.78 is 0. The number of carbonyl (C=O) groups is 3. The Morgan fingerprint density at radius 2 is 2.19 bits per heavy atom. The fraction of sp³-hybridized carbons (Fsp3) is 0.615. The number of aliphatic carboxylic acids is 1. The summed E-state index contributed by atoms with van der Waals surface area (Å²) >= 11 is 1.42. The van der Waals surface area contributed by atoms with E-state index in [0.717, 1.165) is 0 Å². The highest BCUT2D eigenvalue weighted by Crippen LogP contribution is 2.44. The number of hydrogen-bond donors (Lipinski definition) is 3. The predicted molar refractivity (Wildman–Crippen MR) is 76.2 cm³/mol. The minimum atomic E-state index is -1.12. The molecule has 0 aromatic heterocycles. The van der Waals surface area contributed by atoms with Gasteiger partial charge in [0.2, 0.25) is 11.8 Å². The number of aliphatic hydroxyl groups is 1. The van der Waals surface area contributed by atoms with Crippen LogP contribution in [0.2, 0.25) is 0 Å². The summed E-state index contributed by atoms with van der Waals surface area (Å²) in [6.07, 6.45) is -0.0782. The van der Waals surface area contributed by atoms with Crippen LogP contribution < -0.4 is 5.73 Å². The molecular formula is C13H18N2O5S. The highest BCUT2D eigenvalue weighted by Gasteiger charge is 2.56. The summed E-state index contributed by atoms with van der Waals surface area (Å²) in [5.41, 5.74) is 5.76. The van der Waals surface area contributed by atoms with Gasteiger partial charge in [0.1, 0.15) is 5.70 Å². The van der Waals surface area contributed by atoms with Gasteiger partial charge in [-0.2, -0.15) is 11.8 Å². The van der Waals surface area contributed by atoms with Crippen molar-refractivity contribution in [1.82, 2.24) is 4.90 Å². The monoisotopic (exact) mass is 314 g/mol. The standard InChI is InChI=1S/C13H18N2O5S/c1-6(16)10-8-4-7(5-21-3-2-9(14)17)11(13(19)20)15(8)12(10)18/h6,8,10,16H,2-5H2,1H3,(H2,14,17)(H,19,20). The topological polar surface area (TPSA) is 121 Å². The average molecular weight is 314 g/mol. The number of nitrogens with zero attached hydrogens (tertiary/aromatic N) is 1. The van der Waals surface area contributed by atoms with Crippen LogP contribution in [0.4, 0.5) is 0 Å². The molecule has 2 aliphatic heterocycles. The summed E-state index contributed by atoms with van der Waals surface area (Å²) in [6, 6.07) is -0.254. The van der Waals surface area contributed by atoms with Gasteiger partial charge < -0.3 is 20.8 Å². The number of primary amides is 1. The quantitative estimate of drug-likeness (QED) is 0.432. The van der Waals surface area contributed by atoms with Crippen molar-refractivity contribution in [2.24, 2.45) is 11.7 Å². The summed E-state index contributed by atoms with van der Waals surface area (Å²) in [5.74, 6) is -1.40. The minimum absolute atomic E-state index is 0.0356. The fourth-order valence-corrected chi connectivity index (χ4v) is 3.85. The zero-order chi connectivity index (χ0) is 15.7. The molecule has 1 fully saturated rings. The van der Waals surface area contributed by atoms with Gasteiger partial charge in [0.05, 0.1) is 18.1 Å². The Hall–Kier alpha value is -1.54. The lowest BCUT2D eigenvalue weighted by Gasteiger charge is -2.44. The first kappa shape index (κ1) is 15.8. The molecule has 0 radical (unpaired) electrons. The SMILES string of the molecule is CC(O)C1C(=O)N2C(C(=O)O)=C(CSCCC(N)=O)CC12. The number of carboxylic acids is 1. The second-order valence-corrected chi connectivity index (χ2v) is 6.38. The van der Waals surface area contributed by atoms with Crippen molar-refractivity contribution in [1.29, 1.82) is 0 Å². The number of aliphatic hydroxyl groups excluding tert-OH is 1. The molecule has 0 aliphatic carbocycles. The zero-order valence-corrected chi connectivity index (χ0v) is 12.4. The summed E-state index contributed by atoms with van der Waals surface area (Å²) in [7, 11) is 0. The lowest BCUT2D eigenvalue weighted by molar-refractivity contribution is -0.161. The molecule has 3 unspecified atom stereocenters. The van der Waals surface area contributed by atoms with Crippen LogP contribution in [0.1, 0.15) is 19.8 Å². The van der Waals surface area contributed by atoms with E-state index in [1.165, 1.54) is 16.7 Å². The summed E-state index contributed by atoms with van der Waals surface area (Å²) in [5, 5.41) is 18.9. The third kappa shape index (κ3) is 2.91. The van der Waals surface area contributed by atoms with Gasteiger partial charge in [-0.25, -0.2) is 4.79 Å². The number of β-lactam (4-membered cyclic amide) rings is 1. The first-order chi connectivity index (χ1) is 9.84. The number of rotatable bonds is 7. The number of amides is 2. The molecule has 3 atom stereocenters. The maximum Gasteiger partial charge on any atom is 0.352 e. The van der Waals surface area contributed by atoms with Gasteiger partial charge in [-0.15, -0.1) is 0 Å². The molecule has 2 rings (SSSR count). The lowest BCUT2D eigenvalue weighted by atomic mass is 9.83. The van der Waals surface area contributed by atoms with Gasteiger partial charge in [0.25, 0.3) is 0 Å². The van der Waals surface area contributed by atoms with E-state index in [-0.39, 0.29) is 24.1 Å². The second-order valence-electron chi connectivity index (χ2n) is 5.27. The van der Waals surface area contributed by atoms with Gasteiger partial charge in [-0.1, -0.05) is 0 Å². The van der Waals surface area contributed by atoms with Crippen LogP contribution in [-0.4, -0.2) is 56.5 Å². The third-order valence-electron chi connectivity index (χ3n) is 3.79. The molecule has 2 amide bonds. The van der Waals surface area contributed by atoms with Crippen molar-refractivity contribution in [3.8, 4) is 0 Å². The Bertz CT molecular complexity index is 517. The summed E-state index contributed by atoms with van der Waals surface area (Å²) in [4.78, 5) is 35.3. The largest absolute Gasteiger partial charge is 0.477 e. The Kier molecular flexibility index (Phi) is 4.58. The van der Waals surface area contributed by atoms with Crippen LogP contribution in [0.15, 0.2) is 11.3 Å². The van der Waals surface area contributed by atoms with Crippen molar-refractivity contribution < 1.29 is 24.6 Å². The first-order valence-corrected chi connectivity index (χ1v) is 7.82. The third-order valence-corrected chi connectivity index (χ3v) is 4.84. The second kappa shape index (κ2) is 6.07. The Labute approximate surface area is 126 Å². The fourth-order valence-electron chi connectivity index (χ4n) is 2.86. The summed E-state index contributed by atoms with van der Waals surface area (Å²) in [6.45, 7) is 1.54. The van der Waals surface area contributed by atoms with Crippen molar-refractivity contribution in [3.05, 3.63) is 11.3 Å². The molecule has 0 bridgehead atoms. The average Bonchev–Trinajstić information content (AvgIpc) is 2.68. The van der Waals surface area contributed by atoms with Crippen LogP contribution in [0.5, 0.6) is 0 Å². The van der Waals surface area contributed by atoms with E-state index in [2.05, 4.69) is 0 Å². The molecule has 2 heterocycles. The van der Waals surface area contributed by atoms with E-state index in [9.17, 15) is 24.6 Å². The molecule has 0 aromatic rings. The van der Waals surface area contributed by atoms with E-state index in [0.29, 0.717) is 23.5 Å². The number of carboxylic acid groups (broad SMARTS) is 1. The van der Waals surface area contributed by atoms with Crippen molar-refractivity contribution in [2.45, 2.75) is 31.9 Å². The van der Waals surface area contributed by atoms with E-state index in [1.54, 1.807) is 6.92 Å². The minimum Gasteiger partial charge on any atom is -0.477 e. The molecule has 21 heavy (non-hydrogen) atoms. The number of thioether (sulfide) groups is 1. The van der Waals surface area contributed by atoms with E-state index < -0.39 is 23.9 Å². The van der Waals surface area contributed by atoms with Gasteiger partial charge >= 0.3 is 5.97 Å². The van der Waals surface area contributed by atoms with E-state index in [4.69, 9.17) is 5.73 Å². The Balaban J connectivity index is 2.04. The van der Waals surface area contributed by atoms with Crippen molar-refractivity contribution in [3.63, 3.8) is 0 Å². The zero-order valence-electron chi connectivity index (χ0n) is 11.6. The molecule has 2 aliphatic rings. The molecule has 0 saturated carbocycles. The predicted octanol–water partition coefficient (Wildman–Crippen LogP) is -0.455. The van der Waals surface area contributed by atoms with Crippen molar-refractivity contribution in [2.75, 3.05) is 11.5 Å². The van der Waals surface area contributed by atoms with Gasteiger partial charge in [-0.3, -0.25) is 9.59 Å². The number of hydrogen-bond acceptors (Lipinski definition) is 5.